The zero-order chi connectivity index (χ0) is 34.9. The second kappa shape index (κ2) is 19.8. The third kappa shape index (κ3) is 17.4. The van der Waals surface area contributed by atoms with Gasteiger partial charge in [0.05, 0.1) is 12.5 Å². The van der Waals surface area contributed by atoms with Gasteiger partial charge in [-0.05, 0) is 25.7 Å². The first-order valence-electron chi connectivity index (χ1n) is 13.1. The molecule has 5 atom stereocenters. The third-order valence-electron chi connectivity index (χ3n) is 5.84. The number of carboxylic acid groups (broad SMARTS) is 6. The number of carboxylic acids is 6. The van der Waals surface area contributed by atoms with Crippen molar-refractivity contribution in [2.75, 3.05) is 0 Å². The van der Waals surface area contributed by atoms with E-state index in [9.17, 15) is 58.2 Å². The first kappa shape index (κ1) is 39.7. The van der Waals surface area contributed by atoms with Gasteiger partial charge in [0.2, 0.25) is 23.6 Å². The van der Waals surface area contributed by atoms with E-state index in [1.54, 1.807) is 0 Å². The minimum absolute atomic E-state index is 0.364. The summed E-state index contributed by atoms with van der Waals surface area (Å²) >= 11 is 0. The van der Waals surface area contributed by atoms with Crippen LogP contribution in [-0.4, -0.2) is 120 Å². The summed E-state index contributed by atoms with van der Waals surface area (Å²) in [6.07, 6.45) is -6.00. The average molecular weight is 650 g/mol. The van der Waals surface area contributed by atoms with E-state index in [0.717, 1.165) is 0 Å². The minimum Gasteiger partial charge on any atom is -0.481 e. The smallest absolute Gasteiger partial charge is 0.326 e. The highest BCUT2D eigenvalue weighted by Gasteiger charge is 2.33. The topological polar surface area (TPSA) is 366 Å². The first-order chi connectivity index (χ1) is 20.8. The maximum absolute atomic E-state index is 13.0. The van der Waals surface area contributed by atoms with Crippen molar-refractivity contribution < 1.29 is 78.6 Å². The Morgan fingerprint density at radius 1 is 0.422 bits per heavy atom. The van der Waals surface area contributed by atoms with Crippen molar-refractivity contribution in [3.63, 3.8) is 0 Å². The molecule has 0 aromatic rings. The van der Waals surface area contributed by atoms with Gasteiger partial charge < -0.3 is 57.6 Å². The van der Waals surface area contributed by atoms with E-state index in [2.05, 4.69) is 5.32 Å². The van der Waals surface area contributed by atoms with Crippen LogP contribution in [0.3, 0.4) is 0 Å². The van der Waals surface area contributed by atoms with E-state index in [4.69, 9.17) is 26.2 Å². The van der Waals surface area contributed by atoms with Gasteiger partial charge in [-0.2, -0.15) is 0 Å². The predicted octanol–water partition coefficient (Wildman–Crippen LogP) is -3.73. The number of carbonyl (C=O) groups excluding carboxylic acids is 4. The average Bonchev–Trinajstić information content (AvgIpc) is 2.92. The molecule has 12 N–H and O–H groups in total. The van der Waals surface area contributed by atoms with Crippen LogP contribution in [0.5, 0.6) is 0 Å². The maximum Gasteiger partial charge on any atom is 0.326 e. The number of amides is 4. The van der Waals surface area contributed by atoms with Crippen molar-refractivity contribution >= 4 is 59.4 Å². The lowest BCUT2D eigenvalue weighted by Crippen LogP contribution is -2.59. The summed E-state index contributed by atoms with van der Waals surface area (Å²) < 4.78 is 0. The fourth-order valence-electron chi connectivity index (χ4n) is 3.49. The molecule has 0 aliphatic heterocycles. The molecule has 0 rings (SSSR count). The Morgan fingerprint density at radius 3 is 1.11 bits per heavy atom. The van der Waals surface area contributed by atoms with Crippen LogP contribution in [0, 0.1) is 0 Å². The zero-order valence-corrected chi connectivity index (χ0v) is 23.6. The molecule has 0 aromatic heterocycles. The summed E-state index contributed by atoms with van der Waals surface area (Å²) in [4.78, 5) is 118. The number of nitrogens with one attached hydrogen (secondary N) is 4. The van der Waals surface area contributed by atoms with Crippen LogP contribution in [0.1, 0.15) is 57.8 Å². The summed E-state index contributed by atoms with van der Waals surface area (Å²) in [7, 11) is 0. The summed E-state index contributed by atoms with van der Waals surface area (Å²) in [6.45, 7) is 0. The molecule has 45 heavy (non-hydrogen) atoms. The molecule has 0 aromatic carbocycles. The second-order valence-electron chi connectivity index (χ2n) is 9.52. The predicted molar refractivity (Wildman–Crippen MR) is 143 cm³/mol. The molecule has 0 saturated carbocycles. The molecular formula is C24H35N5O16. The van der Waals surface area contributed by atoms with Crippen LogP contribution in [-0.2, 0) is 47.9 Å². The van der Waals surface area contributed by atoms with E-state index >= 15 is 0 Å². The number of carbonyl (C=O) groups is 10. The molecule has 4 amide bonds. The Morgan fingerprint density at radius 2 is 0.733 bits per heavy atom. The Hall–Kier alpha value is -5.34. The van der Waals surface area contributed by atoms with Gasteiger partial charge in [-0.25, -0.2) is 4.79 Å². The lowest BCUT2D eigenvalue weighted by atomic mass is 10.1. The molecule has 252 valence electrons. The molecule has 0 aliphatic carbocycles. The van der Waals surface area contributed by atoms with Crippen LogP contribution < -0.4 is 27.0 Å². The third-order valence-corrected chi connectivity index (χ3v) is 5.84. The van der Waals surface area contributed by atoms with E-state index in [1.807, 2.05) is 16.0 Å². The van der Waals surface area contributed by atoms with Gasteiger partial charge in [0, 0.05) is 25.7 Å². The largest absolute Gasteiger partial charge is 0.481 e. The number of rotatable bonds is 23. The van der Waals surface area contributed by atoms with E-state index < -0.39 is 141 Å². The van der Waals surface area contributed by atoms with Crippen LogP contribution in [0.15, 0.2) is 0 Å². The molecular weight excluding hydrogens is 614 g/mol. The maximum atomic E-state index is 13.0. The number of nitrogens with two attached hydrogens (primary N) is 1. The lowest BCUT2D eigenvalue weighted by Gasteiger charge is -2.25. The van der Waals surface area contributed by atoms with Crippen molar-refractivity contribution in [3.8, 4) is 0 Å². The fourth-order valence-corrected chi connectivity index (χ4v) is 3.49. The van der Waals surface area contributed by atoms with Crippen LogP contribution in [0.25, 0.3) is 0 Å². The quantitative estimate of drug-likeness (QED) is 0.0506. The fraction of sp³-hybridized carbons (Fsp3) is 0.583. The summed E-state index contributed by atoms with van der Waals surface area (Å²) in [5.41, 5.74) is 5.59. The van der Waals surface area contributed by atoms with E-state index in [0.29, 0.717) is 0 Å². The SMILES string of the molecule is N[C@@H](CCC(=O)O)C(=O)N[C@@H](CCC(=O)O)C(=O)N[C@@H](CC(=O)O)C(=O)N[C@@H](CCC(=O)O)C(=O)N[C@@H](CCC(=O)O)C(=O)O. The minimum atomic E-state index is -2.01. The Labute approximate surface area is 253 Å². The molecule has 0 saturated heterocycles. The van der Waals surface area contributed by atoms with Crippen molar-refractivity contribution in [1.82, 2.24) is 21.3 Å². The molecule has 0 spiro atoms. The normalized spacial score (nSPS) is 13.9. The van der Waals surface area contributed by atoms with Gasteiger partial charge in [-0.15, -0.1) is 0 Å². The van der Waals surface area contributed by atoms with Crippen molar-refractivity contribution in [2.24, 2.45) is 5.73 Å². The Kier molecular flexibility index (Phi) is 17.4. The van der Waals surface area contributed by atoms with Crippen molar-refractivity contribution in [3.05, 3.63) is 0 Å². The highest BCUT2D eigenvalue weighted by atomic mass is 16.4. The molecule has 21 nitrogen and oxygen atoms in total. The van der Waals surface area contributed by atoms with Crippen LogP contribution >= 0.6 is 0 Å². The van der Waals surface area contributed by atoms with Crippen molar-refractivity contribution in [1.29, 1.82) is 0 Å². The molecule has 0 aliphatic rings. The van der Waals surface area contributed by atoms with Gasteiger partial charge >= 0.3 is 35.8 Å². The molecule has 0 heterocycles. The standard InChI is InChI=1S/C24H35N5O16/c25-10(1-5-15(30)31)20(40)26-11(2-6-16(32)33)22(42)29-14(9-19(38)39)23(43)27-12(3-7-17(34)35)21(41)28-13(24(44)45)4-8-18(36)37/h10-14H,1-9,25H2,(H,26,40)(H,27,43)(H,28,41)(H,29,42)(H,30,31)(H,32,33)(H,34,35)(H,36,37)(H,38,39)(H,44,45)/t10-,11-,12-,13-,14-/m0/s1. The molecule has 0 radical (unpaired) electrons. The molecule has 0 bridgehead atoms. The zero-order valence-electron chi connectivity index (χ0n) is 23.6. The van der Waals surface area contributed by atoms with Crippen molar-refractivity contribution in [2.45, 2.75) is 88.0 Å². The van der Waals surface area contributed by atoms with E-state index in [-0.39, 0.29) is 6.42 Å². The lowest BCUT2D eigenvalue weighted by molar-refractivity contribution is -0.145. The number of hydrogen-bond donors (Lipinski definition) is 11. The highest BCUT2D eigenvalue weighted by Crippen LogP contribution is 2.07. The van der Waals surface area contributed by atoms with Gasteiger partial charge in [0.15, 0.2) is 0 Å². The summed E-state index contributed by atoms with van der Waals surface area (Å²) in [5, 5.41) is 62.1. The molecule has 21 heteroatoms. The summed E-state index contributed by atoms with van der Waals surface area (Å²) in [6, 6.07) is -8.76. The van der Waals surface area contributed by atoms with Gasteiger partial charge in [0.1, 0.15) is 24.2 Å². The number of aliphatic carboxylic acids is 6. The van der Waals surface area contributed by atoms with E-state index in [1.165, 1.54) is 0 Å². The molecule has 0 unspecified atom stereocenters. The monoisotopic (exact) mass is 649 g/mol. The Balaban J connectivity index is 5.99. The van der Waals surface area contributed by atoms with Crippen LogP contribution in [0.4, 0.5) is 0 Å². The summed E-state index contributed by atoms with van der Waals surface area (Å²) in [5.74, 6) is -13.8. The Bertz CT molecular complexity index is 1160. The highest BCUT2D eigenvalue weighted by molar-refractivity contribution is 5.97. The van der Waals surface area contributed by atoms with Gasteiger partial charge in [-0.3, -0.25) is 43.2 Å². The molecule has 0 fully saturated rings. The van der Waals surface area contributed by atoms with Gasteiger partial charge in [-0.1, -0.05) is 0 Å². The first-order valence-corrected chi connectivity index (χ1v) is 13.1. The number of hydrogen-bond acceptors (Lipinski definition) is 11. The van der Waals surface area contributed by atoms with Crippen LogP contribution in [0.2, 0.25) is 0 Å². The van der Waals surface area contributed by atoms with Gasteiger partial charge in [0.25, 0.3) is 0 Å². The second-order valence-corrected chi connectivity index (χ2v) is 9.52.